The summed E-state index contributed by atoms with van der Waals surface area (Å²) >= 11 is 0. The largest absolute Gasteiger partial charge is 0.472 e. The molecular formula is C81H158O17P2. The van der Waals surface area contributed by atoms with Crippen LogP contribution < -0.4 is 0 Å². The number of ether oxygens (including phenoxy) is 4. The Morgan fingerprint density at radius 1 is 0.270 bits per heavy atom. The van der Waals surface area contributed by atoms with E-state index in [1.807, 2.05) is 0 Å². The summed E-state index contributed by atoms with van der Waals surface area (Å²) in [4.78, 5) is 73.0. The molecule has 2 unspecified atom stereocenters. The van der Waals surface area contributed by atoms with Crippen LogP contribution in [-0.2, 0) is 65.4 Å². The fourth-order valence-electron chi connectivity index (χ4n) is 12.6. The number of phosphoric acid groups is 2. The van der Waals surface area contributed by atoms with Crippen molar-refractivity contribution in [1.82, 2.24) is 0 Å². The molecule has 19 heteroatoms. The van der Waals surface area contributed by atoms with Crippen LogP contribution in [0, 0.1) is 5.92 Å². The molecule has 0 bridgehead atoms. The van der Waals surface area contributed by atoms with Crippen molar-refractivity contribution in [3.05, 3.63) is 0 Å². The second-order valence-electron chi connectivity index (χ2n) is 29.6. The molecule has 0 spiro atoms. The Bertz CT molecular complexity index is 1910. The highest BCUT2D eigenvalue weighted by molar-refractivity contribution is 7.47. The molecule has 100 heavy (non-hydrogen) atoms. The van der Waals surface area contributed by atoms with E-state index in [2.05, 4.69) is 34.6 Å². The normalized spacial score (nSPS) is 13.8. The van der Waals surface area contributed by atoms with E-state index in [0.717, 1.165) is 95.8 Å². The van der Waals surface area contributed by atoms with Gasteiger partial charge >= 0.3 is 39.5 Å². The first-order chi connectivity index (χ1) is 48.5. The predicted molar refractivity (Wildman–Crippen MR) is 409 cm³/mol. The van der Waals surface area contributed by atoms with Gasteiger partial charge in [0.15, 0.2) is 12.2 Å². The molecule has 0 aliphatic carbocycles. The Hall–Kier alpha value is -1.94. The van der Waals surface area contributed by atoms with Crippen LogP contribution in [0.3, 0.4) is 0 Å². The summed E-state index contributed by atoms with van der Waals surface area (Å²) in [5.74, 6) is -1.30. The van der Waals surface area contributed by atoms with E-state index in [-0.39, 0.29) is 25.7 Å². The van der Waals surface area contributed by atoms with E-state index in [1.165, 1.54) is 257 Å². The van der Waals surface area contributed by atoms with Crippen LogP contribution in [0.25, 0.3) is 0 Å². The highest BCUT2D eigenvalue weighted by Gasteiger charge is 2.30. The second kappa shape index (κ2) is 73.9. The zero-order chi connectivity index (χ0) is 73.4. The van der Waals surface area contributed by atoms with Gasteiger partial charge in [-0.05, 0) is 31.6 Å². The molecule has 17 nitrogen and oxygen atoms in total. The molecule has 3 N–H and O–H groups in total. The number of phosphoric ester groups is 2. The maximum absolute atomic E-state index is 13.1. The summed E-state index contributed by atoms with van der Waals surface area (Å²) in [6, 6.07) is 0. The molecule has 0 heterocycles. The number of rotatable bonds is 81. The second-order valence-corrected chi connectivity index (χ2v) is 32.5. The van der Waals surface area contributed by atoms with Crippen LogP contribution in [0.4, 0.5) is 0 Å². The van der Waals surface area contributed by atoms with E-state index >= 15 is 0 Å². The molecule has 0 saturated heterocycles. The number of esters is 4. The lowest BCUT2D eigenvalue weighted by Crippen LogP contribution is -2.30. The average molecular weight is 1470 g/mol. The van der Waals surface area contributed by atoms with Gasteiger partial charge in [0.05, 0.1) is 26.4 Å². The third-order valence-electron chi connectivity index (χ3n) is 19.0. The predicted octanol–water partition coefficient (Wildman–Crippen LogP) is 24.4. The van der Waals surface area contributed by atoms with Crippen LogP contribution in [0.2, 0.25) is 0 Å². The molecule has 0 radical (unpaired) electrons. The maximum atomic E-state index is 13.1. The minimum Gasteiger partial charge on any atom is -0.462 e. The van der Waals surface area contributed by atoms with Gasteiger partial charge in [0.25, 0.3) is 0 Å². The first-order valence-corrected chi connectivity index (χ1v) is 45.1. The van der Waals surface area contributed by atoms with Gasteiger partial charge < -0.3 is 33.8 Å². The van der Waals surface area contributed by atoms with Crippen molar-refractivity contribution in [3.63, 3.8) is 0 Å². The standard InChI is InChI=1S/C81H158O17P2/c1-6-9-12-15-18-21-23-25-27-28-29-33-37-40-45-50-55-60-65-79(84)92-71-77(98-81(86)67-62-57-52-47-42-38-34-31-30-32-35-39-44-48-53-58-63-74(4)5)73-96-100(89,90)94-69-75(82)68-93-99(87,88)95-72-76(70-91-78(83)64-59-54-49-43-20-17-14-11-8-3)97-80(85)66-61-56-51-46-41-36-26-24-22-19-16-13-10-7-2/h74-77,82H,6-73H2,1-5H3,(H,87,88)(H,89,90)/t75-,76+,77+/m0/s1. The minimum atomic E-state index is -4.96. The summed E-state index contributed by atoms with van der Waals surface area (Å²) in [5.41, 5.74) is 0. The Balaban J connectivity index is 5.21. The van der Waals surface area contributed by atoms with E-state index in [1.54, 1.807) is 0 Å². The van der Waals surface area contributed by atoms with E-state index in [0.29, 0.717) is 25.7 Å². The Kier molecular flexibility index (Phi) is 72.5. The number of aliphatic hydroxyl groups excluding tert-OH is 1. The summed E-state index contributed by atoms with van der Waals surface area (Å²) in [6.07, 6.45) is 65.2. The lowest BCUT2D eigenvalue weighted by atomic mass is 10.0. The molecule has 0 aromatic rings. The van der Waals surface area contributed by atoms with Gasteiger partial charge in [-0.1, -0.05) is 381 Å². The Morgan fingerprint density at radius 2 is 0.460 bits per heavy atom. The summed E-state index contributed by atoms with van der Waals surface area (Å²) in [7, 11) is -9.92. The lowest BCUT2D eigenvalue weighted by molar-refractivity contribution is -0.161. The summed E-state index contributed by atoms with van der Waals surface area (Å²) in [6.45, 7) is 7.35. The molecule has 0 aliphatic rings. The van der Waals surface area contributed by atoms with Crippen molar-refractivity contribution in [1.29, 1.82) is 0 Å². The molecule has 0 aliphatic heterocycles. The molecule has 0 amide bonds. The molecule has 5 atom stereocenters. The SMILES string of the molecule is CCCCCCCCCCCCCCCCCCCCC(=O)OC[C@H](COP(=O)(O)OC[C@@H](O)COP(=O)(O)OC[C@@H](COC(=O)CCCCCCCCCCC)OC(=O)CCCCCCCCCCCCCCCC)OC(=O)CCCCCCCCCCCCCCCCCCC(C)C. The Morgan fingerprint density at radius 3 is 0.680 bits per heavy atom. The summed E-state index contributed by atoms with van der Waals surface area (Å²) < 4.78 is 68.7. The van der Waals surface area contributed by atoms with Gasteiger partial charge in [-0.25, -0.2) is 9.13 Å². The van der Waals surface area contributed by atoms with Crippen LogP contribution in [0.1, 0.15) is 433 Å². The Labute approximate surface area is 613 Å². The van der Waals surface area contributed by atoms with Crippen molar-refractivity contribution in [2.75, 3.05) is 39.6 Å². The molecule has 0 fully saturated rings. The summed E-state index contributed by atoms with van der Waals surface area (Å²) in [5, 5.41) is 10.6. The van der Waals surface area contributed by atoms with Crippen molar-refractivity contribution in [3.8, 4) is 0 Å². The van der Waals surface area contributed by atoms with Gasteiger partial charge in [0.1, 0.15) is 19.3 Å². The first-order valence-electron chi connectivity index (χ1n) is 42.1. The average Bonchev–Trinajstić information content (AvgIpc) is 0.942. The monoisotopic (exact) mass is 1470 g/mol. The minimum absolute atomic E-state index is 0.108. The lowest BCUT2D eigenvalue weighted by Gasteiger charge is -2.21. The smallest absolute Gasteiger partial charge is 0.462 e. The van der Waals surface area contributed by atoms with E-state index < -0.39 is 97.5 Å². The zero-order valence-corrected chi connectivity index (χ0v) is 67.1. The molecular weight excluding hydrogens is 1310 g/mol. The van der Waals surface area contributed by atoms with Crippen molar-refractivity contribution >= 4 is 39.5 Å². The number of aliphatic hydroxyl groups is 1. The van der Waals surface area contributed by atoms with Gasteiger partial charge in [-0.2, -0.15) is 0 Å². The fraction of sp³-hybridized carbons (Fsp3) is 0.951. The number of hydrogen-bond acceptors (Lipinski definition) is 15. The topological polar surface area (TPSA) is 237 Å². The third-order valence-corrected chi connectivity index (χ3v) is 20.9. The van der Waals surface area contributed by atoms with Crippen LogP contribution in [0.5, 0.6) is 0 Å². The van der Waals surface area contributed by atoms with Crippen molar-refractivity contribution in [2.24, 2.45) is 5.92 Å². The van der Waals surface area contributed by atoms with Crippen LogP contribution in [-0.4, -0.2) is 96.7 Å². The van der Waals surface area contributed by atoms with Crippen molar-refractivity contribution in [2.45, 2.75) is 451 Å². The highest BCUT2D eigenvalue weighted by Crippen LogP contribution is 2.45. The highest BCUT2D eigenvalue weighted by atomic mass is 31.2. The van der Waals surface area contributed by atoms with Gasteiger partial charge in [0.2, 0.25) is 0 Å². The van der Waals surface area contributed by atoms with E-state index in [9.17, 15) is 43.2 Å². The molecule has 0 aromatic carbocycles. The first kappa shape index (κ1) is 98.1. The number of carbonyl (C=O) groups is 4. The maximum Gasteiger partial charge on any atom is 0.472 e. The van der Waals surface area contributed by atoms with Crippen molar-refractivity contribution < 1.29 is 80.2 Å². The van der Waals surface area contributed by atoms with Gasteiger partial charge in [-0.3, -0.25) is 37.3 Å². The third kappa shape index (κ3) is 74.3. The van der Waals surface area contributed by atoms with Crippen LogP contribution >= 0.6 is 15.6 Å². The molecule has 0 saturated carbocycles. The fourth-order valence-corrected chi connectivity index (χ4v) is 14.2. The number of hydrogen-bond donors (Lipinski definition) is 3. The van der Waals surface area contributed by atoms with Crippen LogP contribution in [0.15, 0.2) is 0 Å². The molecule has 594 valence electrons. The number of carbonyl (C=O) groups excluding carboxylic acids is 4. The molecule has 0 rings (SSSR count). The van der Waals surface area contributed by atoms with Gasteiger partial charge in [-0.15, -0.1) is 0 Å². The zero-order valence-electron chi connectivity index (χ0n) is 65.3. The van der Waals surface area contributed by atoms with Gasteiger partial charge in [0, 0.05) is 25.7 Å². The number of unbranched alkanes of at least 4 members (excludes halogenated alkanes) is 53. The quantitative estimate of drug-likeness (QED) is 0.0222. The molecule has 0 aromatic heterocycles. The van der Waals surface area contributed by atoms with E-state index in [4.69, 9.17) is 37.0 Å².